The van der Waals surface area contributed by atoms with Gasteiger partial charge in [0, 0.05) is 44.3 Å². The van der Waals surface area contributed by atoms with E-state index in [0.29, 0.717) is 5.54 Å². The van der Waals surface area contributed by atoms with Gasteiger partial charge in [-0.3, -0.25) is 4.90 Å². The Morgan fingerprint density at radius 1 is 1.06 bits per heavy atom. The van der Waals surface area contributed by atoms with Gasteiger partial charge in [0.15, 0.2) is 0 Å². The molecule has 0 amide bonds. The van der Waals surface area contributed by atoms with Gasteiger partial charge in [-0.15, -0.1) is 0 Å². The first-order valence-corrected chi connectivity index (χ1v) is 7.88. The molecule has 1 saturated heterocycles. The van der Waals surface area contributed by atoms with E-state index in [2.05, 4.69) is 29.4 Å². The van der Waals surface area contributed by atoms with Crippen LogP contribution in [0.5, 0.6) is 0 Å². The van der Waals surface area contributed by atoms with Gasteiger partial charge in [0.2, 0.25) is 0 Å². The normalized spacial score (nSPS) is 25.0. The Labute approximate surface area is 113 Å². The van der Waals surface area contributed by atoms with E-state index < -0.39 is 0 Å². The van der Waals surface area contributed by atoms with Gasteiger partial charge < -0.3 is 10.6 Å². The molecule has 3 nitrogen and oxygen atoms in total. The van der Waals surface area contributed by atoms with Gasteiger partial charge in [-0.25, -0.2) is 0 Å². The molecule has 0 unspecified atom stereocenters. The first-order valence-electron chi connectivity index (χ1n) is 7.88. The highest BCUT2D eigenvalue weighted by atomic mass is 15.2. The molecular weight excluding hydrogens is 222 g/mol. The standard InChI is InChI=1S/C15H31N3/c1-15(2,18-11-9-16-10-12-18)13-17-14-7-5-3-4-6-8-14/h14,16-17H,3-13H2,1-2H3. The van der Waals surface area contributed by atoms with Crippen molar-refractivity contribution in [2.24, 2.45) is 0 Å². The zero-order chi connectivity index (χ0) is 12.8. The third kappa shape index (κ3) is 4.22. The Bertz CT molecular complexity index is 226. The van der Waals surface area contributed by atoms with E-state index in [1.54, 1.807) is 0 Å². The van der Waals surface area contributed by atoms with Crippen molar-refractivity contribution in [3.8, 4) is 0 Å². The lowest BCUT2D eigenvalue weighted by molar-refractivity contribution is 0.0987. The van der Waals surface area contributed by atoms with Crippen LogP contribution in [0.15, 0.2) is 0 Å². The monoisotopic (exact) mass is 253 g/mol. The maximum atomic E-state index is 3.84. The lowest BCUT2D eigenvalue weighted by Gasteiger charge is -2.42. The molecule has 1 aliphatic carbocycles. The average molecular weight is 253 g/mol. The summed E-state index contributed by atoms with van der Waals surface area (Å²) < 4.78 is 0. The van der Waals surface area contributed by atoms with E-state index in [0.717, 1.165) is 25.7 Å². The van der Waals surface area contributed by atoms with Crippen LogP contribution in [0, 0.1) is 0 Å². The van der Waals surface area contributed by atoms with E-state index >= 15 is 0 Å². The molecule has 2 N–H and O–H groups in total. The summed E-state index contributed by atoms with van der Waals surface area (Å²) >= 11 is 0. The Kier molecular flexibility index (Phi) is 5.46. The summed E-state index contributed by atoms with van der Waals surface area (Å²) in [4.78, 5) is 2.63. The molecule has 1 aliphatic heterocycles. The second-order valence-electron chi connectivity index (χ2n) is 6.62. The van der Waals surface area contributed by atoms with Gasteiger partial charge in [-0.2, -0.15) is 0 Å². The molecule has 3 heteroatoms. The molecule has 18 heavy (non-hydrogen) atoms. The molecule has 0 aromatic heterocycles. The van der Waals surface area contributed by atoms with Gasteiger partial charge in [-0.1, -0.05) is 25.7 Å². The maximum Gasteiger partial charge on any atom is 0.0278 e. The third-order valence-electron chi connectivity index (χ3n) is 4.65. The number of hydrogen-bond acceptors (Lipinski definition) is 3. The van der Waals surface area contributed by atoms with Crippen molar-refractivity contribution >= 4 is 0 Å². The molecule has 0 aromatic carbocycles. The van der Waals surface area contributed by atoms with Crippen molar-refractivity contribution in [2.45, 2.75) is 64.0 Å². The minimum atomic E-state index is 0.300. The summed E-state index contributed by atoms with van der Waals surface area (Å²) in [5.41, 5.74) is 0.300. The molecule has 0 aromatic rings. The fourth-order valence-electron chi connectivity index (χ4n) is 3.26. The van der Waals surface area contributed by atoms with Crippen molar-refractivity contribution in [2.75, 3.05) is 32.7 Å². The van der Waals surface area contributed by atoms with Crippen LogP contribution in [-0.4, -0.2) is 49.2 Å². The number of nitrogens with one attached hydrogen (secondary N) is 2. The summed E-state index contributed by atoms with van der Waals surface area (Å²) in [7, 11) is 0. The summed E-state index contributed by atoms with van der Waals surface area (Å²) in [6.45, 7) is 10.6. The molecule has 1 heterocycles. The zero-order valence-electron chi connectivity index (χ0n) is 12.3. The fraction of sp³-hybridized carbons (Fsp3) is 1.00. The van der Waals surface area contributed by atoms with Crippen molar-refractivity contribution in [1.29, 1.82) is 0 Å². The average Bonchev–Trinajstić information content (AvgIpc) is 2.66. The summed E-state index contributed by atoms with van der Waals surface area (Å²) in [6.07, 6.45) is 8.51. The number of piperazine rings is 1. The van der Waals surface area contributed by atoms with Crippen LogP contribution in [0.3, 0.4) is 0 Å². The zero-order valence-corrected chi connectivity index (χ0v) is 12.3. The Balaban J connectivity index is 1.75. The number of hydrogen-bond donors (Lipinski definition) is 2. The van der Waals surface area contributed by atoms with Crippen molar-refractivity contribution in [3.63, 3.8) is 0 Å². The van der Waals surface area contributed by atoms with Crippen LogP contribution in [0.1, 0.15) is 52.4 Å². The lowest BCUT2D eigenvalue weighted by Crippen LogP contribution is -2.58. The molecule has 2 fully saturated rings. The quantitative estimate of drug-likeness (QED) is 0.750. The van der Waals surface area contributed by atoms with E-state index in [-0.39, 0.29) is 0 Å². The van der Waals surface area contributed by atoms with Gasteiger partial charge in [-0.05, 0) is 26.7 Å². The van der Waals surface area contributed by atoms with Gasteiger partial charge in [0.1, 0.15) is 0 Å². The van der Waals surface area contributed by atoms with Crippen LogP contribution >= 0.6 is 0 Å². The molecule has 0 bridgehead atoms. The second kappa shape index (κ2) is 6.88. The van der Waals surface area contributed by atoms with Crippen molar-refractivity contribution in [1.82, 2.24) is 15.5 Å². The number of rotatable bonds is 4. The Morgan fingerprint density at radius 3 is 2.28 bits per heavy atom. The minimum Gasteiger partial charge on any atom is -0.314 e. The van der Waals surface area contributed by atoms with Crippen LogP contribution in [0.4, 0.5) is 0 Å². The van der Waals surface area contributed by atoms with Crippen molar-refractivity contribution in [3.05, 3.63) is 0 Å². The van der Waals surface area contributed by atoms with Crippen molar-refractivity contribution < 1.29 is 0 Å². The second-order valence-corrected chi connectivity index (χ2v) is 6.62. The first kappa shape index (κ1) is 14.3. The van der Waals surface area contributed by atoms with Crippen LogP contribution in [-0.2, 0) is 0 Å². The predicted octanol–water partition coefficient (Wildman–Crippen LogP) is 1.98. The molecule has 0 spiro atoms. The van der Waals surface area contributed by atoms with E-state index in [1.807, 2.05) is 0 Å². The highest BCUT2D eigenvalue weighted by molar-refractivity contribution is 4.88. The molecule has 0 radical (unpaired) electrons. The maximum absolute atomic E-state index is 3.84. The molecule has 0 atom stereocenters. The van der Waals surface area contributed by atoms with Crippen LogP contribution < -0.4 is 10.6 Å². The Morgan fingerprint density at radius 2 is 1.67 bits per heavy atom. The van der Waals surface area contributed by atoms with E-state index in [4.69, 9.17) is 0 Å². The molecule has 2 aliphatic rings. The molecular formula is C15H31N3. The highest BCUT2D eigenvalue weighted by Gasteiger charge is 2.28. The van der Waals surface area contributed by atoms with E-state index in [1.165, 1.54) is 51.6 Å². The summed E-state index contributed by atoms with van der Waals surface area (Å²) in [5, 5.41) is 7.28. The molecule has 106 valence electrons. The van der Waals surface area contributed by atoms with Crippen LogP contribution in [0.2, 0.25) is 0 Å². The predicted molar refractivity (Wildman–Crippen MR) is 78.0 cm³/mol. The minimum absolute atomic E-state index is 0.300. The van der Waals surface area contributed by atoms with Gasteiger partial charge in [0.25, 0.3) is 0 Å². The highest BCUT2D eigenvalue weighted by Crippen LogP contribution is 2.19. The smallest absolute Gasteiger partial charge is 0.0278 e. The molecule has 1 saturated carbocycles. The molecule has 2 rings (SSSR count). The topological polar surface area (TPSA) is 27.3 Å². The van der Waals surface area contributed by atoms with E-state index in [9.17, 15) is 0 Å². The SMILES string of the molecule is CC(C)(CNC1CCCCCC1)N1CCNCC1. The Hall–Kier alpha value is -0.120. The lowest BCUT2D eigenvalue weighted by atomic mass is 10.00. The number of nitrogens with zero attached hydrogens (tertiary/aromatic N) is 1. The van der Waals surface area contributed by atoms with Gasteiger partial charge >= 0.3 is 0 Å². The summed E-state index contributed by atoms with van der Waals surface area (Å²) in [5.74, 6) is 0. The third-order valence-corrected chi connectivity index (χ3v) is 4.65. The summed E-state index contributed by atoms with van der Waals surface area (Å²) in [6, 6.07) is 0.773. The van der Waals surface area contributed by atoms with Crippen LogP contribution in [0.25, 0.3) is 0 Å². The fourth-order valence-corrected chi connectivity index (χ4v) is 3.26. The van der Waals surface area contributed by atoms with Gasteiger partial charge in [0.05, 0.1) is 0 Å². The first-order chi connectivity index (χ1) is 8.68. The largest absolute Gasteiger partial charge is 0.314 e.